The summed E-state index contributed by atoms with van der Waals surface area (Å²) in [7, 11) is 0. The molecule has 0 aliphatic rings. The minimum absolute atomic E-state index is 0.136. The molecule has 0 spiro atoms. The molecule has 0 radical (unpaired) electrons. The summed E-state index contributed by atoms with van der Waals surface area (Å²) in [6, 6.07) is 11.8. The highest BCUT2D eigenvalue weighted by Crippen LogP contribution is 2.36. The molecule has 7 heteroatoms. The van der Waals surface area contributed by atoms with Crippen LogP contribution in [0.2, 0.25) is 5.02 Å². The summed E-state index contributed by atoms with van der Waals surface area (Å²) in [4.78, 5) is 38.7. The second-order valence-electron chi connectivity index (χ2n) is 7.07. The van der Waals surface area contributed by atoms with Crippen LogP contribution in [0.4, 0.5) is 4.39 Å². The standard InChI is InChI=1S/C24H26ClFO5/c1-3-13-30-23(28)22(24(29)31-14-4-2)19(18-7-5-6-8-20(18)25)15-21(27)16-9-11-17(26)12-10-16/h5-12,19,22H,3-4,13-15H2,1-2H3/t19-/m1/s1. The smallest absolute Gasteiger partial charge is 0.320 e. The maximum atomic E-state index is 13.3. The van der Waals surface area contributed by atoms with Crippen molar-refractivity contribution in [2.75, 3.05) is 13.2 Å². The van der Waals surface area contributed by atoms with Gasteiger partial charge in [0.1, 0.15) is 5.82 Å². The molecular formula is C24H26ClFO5. The van der Waals surface area contributed by atoms with Gasteiger partial charge in [-0.2, -0.15) is 0 Å². The van der Waals surface area contributed by atoms with Crippen molar-refractivity contribution in [2.24, 2.45) is 5.92 Å². The average Bonchev–Trinajstić information content (AvgIpc) is 2.76. The molecule has 0 fully saturated rings. The molecule has 166 valence electrons. The van der Waals surface area contributed by atoms with Crippen LogP contribution in [-0.4, -0.2) is 30.9 Å². The quantitative estimate of drug-likeness (QED) is 0.263. The first-order valence-electron chi connectivity index (χ1n) is 10.3. The Morgan fingerprint density at radius 1 is 0.903 bits per heavy atom. The number of esters is 2. The molecule has 0 heterocycles. The number of ketones is 1. The van der Waals surface area contributed by atoms with E-state index in [9.17, 15) is 18.8 Å². The number of hydrogen-bond donors (Lipinski definition) is 0. The highest BCUT2D eigenvalue weighted by atomic mass is 35.5. The lowest BCUT2D eigenvalue weighted by molar-refractivity contribution is -0.163. The van der Waals surface area contributed by atoms with Gasteiger partial charge in [0.15, 0.2) is 11.7 Å². The first kappa shape index (κ1) is 24.5. The third kappa shape index (κ3) is 6.89. The fourth-order valence-electron chi connectivity index (χ4n) is 3.15. The van der Waals surface area contributed by atoms with E-state index in [1.165, 1.54) is 24.3 Å². The second-order valence-corrected chi connectivity index (χ2v) is 7.48. The van der Waals surface area contributed by atoms with Gasteiger partial charge >= 0.3 is 11.9 Å². The lowest BCUT2D eigenvalue weighted by atomic mass is 9.81. The van der Waals surface area contributed by atoms with Crippen molar-refractivity contribution < 1.29 is 28.2 Å². The zero-order valence-electron chi connectivity index (χ0n) is 17.6. The molecule has 0 bridgehead atoms. The zero-order chi connectivity index (χ0) is 22.8. The molecule has 0 aliphatic carbocycles. The normalized spacial score (nSPS) is 11.8. The lowest BCUT2D eigenvalue weighted by Gasteiger charge is -2.25. The Morgan fingerprint density at radius 3 is 1.97 bits per heavy atom. The van der Waals surface area contributed by atoms with Gasteiger partial charge in [-0.1, -0.05) is 43.6 Å². The molecule has 2 aromatic carbocycles. The minimum Gasteiger partial charge on any atom is -0.465 e. The van der Waals surface area contributed by atoms with E-state index in [4.69, 9.17) is 21.1 Å². The van der Waals surface area contributed by atoms with Gasteiger partial charge in [0.25, 0.3) is 0 Å². The number of carbonyl (C=O) groups excluding carboxylic acids is 3. The number of Topliss-reactive ketones (excluding diaryl/α,β-unsaturated/α-hetero) is 1. The Balaban J connectivity index is 2.46. The highest BCUT2D eigenvalue weighted by Gasteiger charge is 2.40. The van der Waals surface area contributed by atoms with Gasteiger partial charge in [0.05, 0.1) is 13.2 Å². The van der Waals surface area contributed by atoms with Crippen LogP contribution in [0.1, 0.15) is 54.9 Å². The van der Waals surface area contributed by atoms with Crippen LogP contribution in [-0.2, 0) is 19.1 Å². The van der Waals surface area contributed by atoms with E-state index in [0.29, 0.717) is 23.4 Å². The molecule has 0 aromatic heterocycles. The van der Waals surface area contributed by atoms with E-state index >= 15 is 0 Å². The van der Waals surface area contributed by atoms with Gasteiger partial charge < -0.3 is 9.47 Å². The summed E-state index contributed by atoms with van der Waals surface area (Å²) < 4.78 is 23.8. The van der Waals surface area contributed by atoms with Crippen molar-refractivity contribution in [3.63, 3.8) is 0 Å². The number of hydrogen-bond acceptors (Lipinski definition) is 5. The molecule has 2 rings (SSSR count). The minimum atomic E-state index is -1.36. The maximum absolute atomic E-state index is 13.3. The third-order valence-electron chi connectivity index (χ3n) is 4.68. The summed E-state index contributed by atoms with van der Waals surface area (Å²) in [5.41, 5.74) is 0.729. The first-order chi connectivity index (χ1) is 14.9. The summed E-state index contributed by atoms with van der Waals surface area (Å²) >= 11 is 6.37. The van der Waals surface area contributed by atoms with Crippen LogP contribution in [0.15, 0.2) is 48.5 Å². The first-order valence-corrected chi connectivity index (χ1v) is 10.6. The van der Waals surface area contributed by atoms with E-state index in [0.717, 1.165) is 0 Å². The van der Waals surface area contributed by atoms with Crippen molar-refractivity contribution in [3.8, 4) is 0 Å². The van der Waals surface area contributed by atoms with E-state index < -0.39 is 29.6 Å². The SMILES string of the molecule is CCCOC(=O)C(C(=O)OCCC)[C@H](CC(=O)c1ccc(F)cc1)c1ccccc1Cl. The van der Waals surface area contributed by atoms with Gasteiger partial charge in [-0.05, 0) is 48.7 Å². The molecule has 0 saturated carbocycles. The molecule has 0 unspecified atom stereocenters. The Kier molecular flexibility index (Phi) is 9.66. The summed E-state index contributed by atoms with van der Waals surface area (Å²) in [6.07, 6.45) is 0.948. The Morgan fingerprint density at radius 2 is 1.45 bits per heavy atom. The van der Waals surface area contributed by atoms with Crippen molar-refractivity contribution in [1.29, 1.82) is 0 Å². The summed E-state index contributed by atoms with van der Waals surface area (Å²) in [5, 5.41) is 0.316. The van der Waals surface area contributed by atoms with Crippen molar-refractivity contribution in [1.82, 2.24) is 0 Å². The second kappa shape index (κ2) is 12.2. The van der Waals surface area contributed by atoms with Crippen LogP contribution in [0, 0.1) is 11.7 Å². The summed E-state index contributed by atoms with van der Waals surface area (Å²) in [5.74, 6) is -4.62. The largest absolute Gasteiger partial charge is 0.465 e. The molecule has 31 heavy (non-hydrogen) atoms. The maximum Gasteiger partial charge on any atom is 0.320 e. The summed E-state index contributed by atoms with van der Waals surface area (Å²) in [6.45, 7) is 3.94. The fourth-order valence-corrected chi connectivity index (χ4v) is 3.42. The van der Waals surface area contributed by atoms with Gasteiger partial charge in [0.2, 0.25) is 0 Å². The Hall–Kier alpha value is -2.73. The zero-order valence-corrected chi connectivity index (χ0v) is 18.4. The Bertz CT molecular complexity index is 877. The van der Waals surface area contributed by atoms with Crippen molar-refractivity contribution in [3.05, 3.63) is 70.5 Å². The molecule has 0 N–H and O–H groups in total. The Labute approximate surface area is 186 Å². The highest BCUT2D eigenvalue weighted by molar-refractivity contribution is 6.31. The van der Waals surface area contributed by atoms with Crippen molar-refractivity contribution in [2.45, 2.75) is 39.0 Å². The van der Waals surface area contributed by atoms with Crippen LogP contribution in [0.25, 0.3) is 0 Å². The fraction of sp³-hybridized carbons (Fsp3) is 0.375. The monoisotopic (exact) mass is 448 g/mol. The van der Waals surface area contributed by atoms with Gasteiger partial charge in [-0.25, -0.2) is 4.39 Å². The van der Waals surface area contributed by atoms with E-state index in [2.05, 4.69) is 0 Å². The number of carbonyl (C=O) groups is 3. The van der Waals surface area contributed by atoms with Gasteiger partial charge in [0, 0.05) is 22.9 Å². The third-order valence-corrected chi connectivity index (χ3v) is 5.03. The van der Waals surface area contributed by atoms with Crippen LogP contribution in [0.5, 0.6) is 0 Å². The average molecular weight is 449 g/mol. The van der Waals surface area contributed by atoms with E-state index in [-0.39, 0.29) is 31.0 Å². The molecule has 0 saturated heterocycles. The van der Waals surface area contributed by atoms with Crippen LogP contribution < -0.4 is 0 Å². The number of ether oxygens (including phenoxy) is 2. The lowest BCUT2D eigenvalue weighted by Crippen LogP contribution is -2.35. The predicted molar refractivity (Wildman–Crippen MR) is 116 cm³/mol. The molecule has 1 atom stereocenters. The molecule has 0 amide bonds. The van der Waals surface area contributed by atoms with Gasteiger partial charge in [-0.15, -0.1) is 0 Å². The number of rotatable bonds is 11. The van der Waals surface area contributed by atoms with Crippen molar-refractivity contribution >= 4 is 29.3 Å². The van der Waals surface area contributed by atoms with E-state index in [1.807, 2.05) is 13.8 Å². The van der Waals surface area contributed by atoms with Crippen LogP contribution >= 0.6 is 11.6 Å². The van der Waals surface area contributed by atoms with E-state index in [1.54, 1.807) is 24.3 Å². The van der Waals surface area contributed by atoms with Gasteiger partial charge in [-0.3, -0.25) is 14.4 Å². The number of benzene rings is 2. The predicted octanol–water partition coefficient (Wildman–Crippen LogP) is 5.36. The molecule has 0 aliphatic heterocycles. The molecular weight excluding hydrogens is 423 g/mol. The molecule has 5 nitrogen and oxygen atoms in total. The molecule has 2 aromatic rings. The topological polar surface area (TPSA) is 69.7 Å². The van der Waals surface area contributed by atoms with Crippen LogP contribution in [0.3, 0.4) is 0 Å². The number of halogens is 2.